The van der Waals surface area contributed by atoms with Crippen molar-refractivity contribution in [2.45, 2.75) is 6.17 Å². The van der Waals surface area contributed by atoms with E-state index in [1.54, 1.807) is 17.0 Å². The molecule has 12 heavy (non-hydrogen) atoms. The lowest BCUT2D eigenvalue weighted by molar-refractivity contribution is -0.117. The van der Waals surface area contributed by atoms with Crippen molar-refractivity contribution in [3.8, 4) is 0 Å². The maximum atomic E-state index is 10.7. The third-order valence-corrected chi connectivity index (χ3v) is 1.59. The normalized spacial score (nSPS) is 22.2. The van der Waals surface area contributed by atoms with Gasteiger partial charge in [0.2, 0.25) is 0 Å². The Morgan fingerprint density at radius 3 is 3.08 bits per heavy atom. The molecule has 0 bridgehead atoms. The van der Waals surface area contributed by atoms with Gasteiger partial charge in [-0.15, -0.1) is 0 Å². The van der Waals surface area contributed by atoms with Crippen LogP contribution in [0.1, 0.15) is 6.17 Å². The fraction of sp³-hybridized carbons (Fsp3) is 0.143. The minimum absolute atomic E-state index is 0.113. The summed E-state index contributed by atoms with van der Waals surface area (Å²) in [6.45, 7) is 0. The fourth-order valence-corrected chi connectivity index (χ4v) is 1.05. The summed E-state index contributed by atoms with van der Waals surface area (Å²) in [7, 11) is 0. The van der Waals surface area contributed by atoms with Crippen LogP contribution in [-0.4, -0.2) is 20.6 Å². The van der Waals surface area contributed by atoms with Crippen molar-refractivity contribution >= 4 is 5.91 Å². The van der Waals surface area contributed by atoms with Gasteiger partial charge in [-0.05, 0) is 0 Å². The van der Waals surface area contributed by atoms with Crippen LogP contribution in [0.4, 0.5) is 0 Å². The van der Waals surface area contributed by atoms with E-state index >= 15 is 0 Å². The second kappa shape index (κ2) is 2.37. The Balaban J connectivity index is 2.29. The Morgan fingerprint density at radius 2 is 2.58 bits per heavy atom. The molecule has 5 nitrogen and oxygen atoms in total. The van der Waals surface area contributed by atoms with Gasteiger partial charge in [0.1, 0.15) is 5.76 Å². The predicted octanol–water partition coefficient (Wildman–Crippen LogP) is -0.243. The highest BCUT2D eigenvalue weighted by Gasteiger charge is 2.24. The van der Waals surface area contributed by atoms with E-state index in [1.165, 1.54) is 6.33 Å². The third-order valence-electron chi connectivity index (χ3n) is 1.59. The molecule has 1 radical (unpaired) electrons. The van der Waals surface area contributed by atoms with Crippen LogP contribution < -0.4 is 5.32 Å². The van der Waals surface area contributed by atoms with Crippen LogP contribution in [0, 0.1) is 6.08 Å². The van der Waals surface area contributed by atoms with Crippen LogP contribution in [0.3, 0.4) is 0 Å². The molecular formula is C7H6N3O2. The molecule has 5 heteroatoms. The van der Waals surface area contributed by atoms with Gasteiger partial charge in [-0.3, -0.25) is 4.79 Å². The van der Waals surface area contributed by atoms with E-state index in [-0.39, 0.29) is 5.76 Å². The second-order valence-corrected chi connectivity index (χ2v) is 2.40. The van der Waals surface area contributed by atoms with Gasteiger partial charge in [0.05, 0.1) is 12.4 Å². The van der Waals surface area contributed by atoms with Gasteiger partial charge in [0.25, 0.3) is 5.91 Å². The van der Waals surface area contributed by atoms with Crippen LogP contribution in [0.2, 0.25) is 0 Å². The number of carbonyl (C=O) groups is 1. The quantitative estimate of drug-likeness (QED) is 0.601. The molecule has 1 aromatic heterocycles. The summed E-state index contributed by atoms with van der Waals surface area (Å²) >= 11 is 0. The van der Waals surface area contributed by atoms with E-state index in [2.05, 4.69) is 16.4 Å². The van der Waals surface area contributed by atoms with Gasteiger partial charge in [0.15, 0.2) is 6.17 Å². The van der Waals surface area contributed by atoms with E-state index in [0.717, 1.165) is 0 Å². The second-order valence-electron chi connectivity index (χ2n) is 2.40. The summed E-state index contributed by atoms with van der Waals surface area (Å²) in [5.74, 6) is -0.524. The molecule has 1 amide bonds. The number of hydrogen-bond donors (Lipinski definition) is 2. The average Bonchev–Trinajstić information content (AvgIpc) is 2.58. The summed E-state index contributed by atoms with van der Waals surface area (Å²) in [5, 5.41) is 11.7. The highest BCUT2D eigenvalue weighted by molar-refractivity contribution is 5.86. The van der Waals surface area contributed by atoms with Gasteiger partial charge in [-0.25, -0.2) is 4.98 Å². The molecule has 1 aromatic rings. The summed E-state index contributed by atoms with van der Waals surface area (Å²) in [5.41, 5.74) is 0. The van der Waals surface area contributed by atoms with E-state index in [0.29, 0.717) is 0 Å². The van der Waals surface area contributed by atoms with Crippen molar-refractivity contribution in [1.29, 1.82) is 0 Å². The standard InChI is InChI=1S/C7H6N3O2/c11-5-3-6(12)9-7(5)10-2-1-8-4-10/h1-2,4,7,11H,(H,9,12). The molecule has 1 aliphatic heterocycles. The van der Waals surface area contributed by atoms with E-state index < -0.39 is 12.1 Å². The first kappa shape index (κ1) is 6.90. The summed E-state index contributed by atoms with van der Waals surface area (Å²) in [6, 6.07) is 0. The maximum Gasteiger partial charge on any atom is 0.257 e. The molecule has 0 spiro atoms. The van der Waals surface area contributed by atoms with Gasteiger partial charge in [-0.1, -0.05) is 0 Å². The molecule has 0 fully saturated rings. The van der Waals surface area contributed by atoms with E-state index in [1.807, 2.05) is 0 Å². The molecule has 0 aromatic carbocycles. The molecule has 1 atom stereocenters. The molecule has 1 aliphatic rings. The number of carbonyl (C=O) groups excluding carboxylic acids is 1. The molecule has 2 N–H and O–H groups in total. The van der Waals surface area contributed by atoms with Gasteiger partial charge < -0.3 is 15.0 Å². The Hall–Kier alpha value is -1.78. The Kier molecular flexibility index (Phi) is 1.36. The number of rotatable bonds is 1. The average molecular weight is 164 g/mol. The van der Waals surface area contributed by atoms with Crippen LogP contribution in [0.15, 0.2) is 24.5 Å². The molecule has 0 aliphatic carbocycles. The minimum atomic E-state index is -0.542. The zero-order chi connectivity index (χ0) is 8.55. The van der Waals surface area contributed by atoms with Crippen LogP contribution in [0.5, 0.6) is 0 Å². The number of hydrogen-bond acceptors (Lipinski definition) is 3. The number of aliphatic hydroxyl groups excluding tert-OH is 1. The van der Waals surface area contributed by atoms with Crippen molar-refractivity contribution in [2.75, 3.05) is 0 Å². The van der Waals surface area contributed by atoms with Gasteiger partial charge in [0, 0.05) is 12.4 Å². The van der Waals surface area contributed by atoms with Crippen molar-refractivity contribution in [2.24, 2.45) is 0 Å². The highest BCUT2D eigenvalue weighted by atomic mass is 16.3. The highest BCUT2D eigenvalue weighted by Crippen LogP contribution is 2.15. The number of nitrogens with one attached hydrogen (secondary N) is 1. The lowest BCUT2D eigenvalue weighted by atomic mass is 10.4. The number of imidazole rings is 1. The smallest absolute Gasteiger partial charge is 0.257 e. The molecular weight excluding hydrogens is 158 g/mol. The first-order valence-corrected chi connectivity index (χ1v) is 3.38. The topological polar surface area (TPSA) is 67.1 Å². The molecule has 0 saturated carbocycles. The number of aliphatic hydroxyl groups is 1. The largest absolute Gasteiger partial charge is 0.507 e. The fourth-order valence-electron chi connectivity index (χ4n) is 1.05. The van der Waals surface area contributed by atoms with Crippen LogP contribution in [-0.2, 0) is 4.79 Å². The number of nitrogens with zero attached hydrogens (tertiary/aromatic N) is 2. The number of amides is 1. The summed E-state index contributed by atoms with van der Waals surface area (Å²) < 4.78 is 1.58. The SMILES string of the molecule is O=C1[C]=C(O)C(n2ccnc2)N1. The van der Waals surface area contributed by atoms with Crippen molar-refractivity contribution in [3.63, 3.8) is 0 Å². The van der Waals surface area contributed by atoms with Crippen molar-refractivity contribution in [3.05, 3.63) is 30.6 Å². The van der Waals surface area contributed by atoms with Crippen molar-refractivity contribution < 1.29 is 9.90 Å². The zero-order valence-corrected chi connectivity index (χ0v) is 6.06. The maximum absolute atomic E-state index is 10.7. The van der Waals surface area contributed by atoms with Crippen LogP contribution in [0.25, 0.3) is 0 Å². The third kappa shape index (κ3) is 0.952. The van der Waals surface area contributed by atoms with Gasteiger partial charge in [-0.2, -0.15) is 0 Å². The van der Waals surface area contributed by atoms with Crippen LogP contribution >= 0.6 is 0 Å². The monoisotopic (exact) mass is 164 g/mol. The first-order chi connectivity index (χ1) is 5.77. The van der Waals surface area contributed by atoms with Crippen molar-refractivity contribution in [1.82, 2.24) is 14.9 Å². The van der Waals surface area contributed by atoms with Gasteiger partial charge >= 0.3 is 0 Å². The summed E-state index contributed by atoms with van der Waals surface area (Å²) in [4.78, 5) is 14.5. The molecule has 2 heterocycles. The number of aromatic nitrogens is 2. The molecule has 1 unspecified atom stereocenters. The predicted molar refractivity (Wildman–Crippen MR) is 38.8 cm³/mol. The lowest BCUT2D eigenvalue weighted by Crippen LogP contribution is -2.25. The zero-order valence-electron chi connectivity index (χ0n) is 6.06. The first-order valence-electron chi connectivity index (χ1n) is 3.38. The molecule has 2 rings (SSSR count). The Labute approximate surface area is 68.3 Å². The van der Waals surface area contributed by atoms with E-state index in [9.17, 15) is 9.90 Å². The summed E-state index contributed by atoms with van der Waals surface area (Å²) in [6.07, 6.45) is 6.41. The molecule has 0 saturated heterocycles. The Morgan fingerprint density at radius 1 is 1.75 bits per heavy atom. The van der Waals surface area contributed by atoms with E-state index in [4.69, 9.17) is 0 Å². The molecule has 61 valence electrons. The lowest BCUT2D eigenvalue weighted by Gasteiger charge is -2.11. The minimum Gasteiger partial charge on any atom is -0.507 e. The Bertz CT molecular complexity index is 328.